The highest BCUT2D eigenvalue weighted by Crippen LogP contribution is 2.42. The summed E-state index contributed by atoms with van der Waals surface area (Å²) < 4.78 is 5.97. The maximum atomic E-state index is 12.9. The molecule has 2 atom stereocenters. The standard InChI is InChI=1S/C21H18BrClN2O3/c22-17-7-3-1-6-15(17)21-20-16(14-5-2-4-8-18(14)24-20)9-13(11-28-12-26)25(21)19(27)10-23/h1-8,12-13,21,24H,9-11H2/t13-,21+/m0/s1. The average Bonchev–Trinajstić information content (AvgIpc) is 3.09. The summed E-state index contributed by atoms with van der Waals surface area (Å²) in [5.74, 6) is -0.347. The molecule has 0 spiro atoms. The van der Waals surface area contributed by atoms with E-state index in [4.69, 9.17) is 16.3 Å². The Morgan fingerprint density at radius 1 is 1.25 bits per heavy atom. The molecule has 7 heteroatoms. The van der Waals surface area contributed by atoms with Crippen LogP contribution in [0.5, 0.6) is 0 Å². The molecule has 1 aromatic heterocycles. The number of ether oxygens (including phenoxy) is 1. The maximum Gasteiger partial charge on any atom is 0.293 e. The third kappa shape index (κ3) is 3.20. The monoisotopic (exact) mass is 460 g/mol. The lowest BCUT2D eigenvalue weighted by Gasteiger charge is -2.42. The van der Waals surface area contributed by atoms with Crippen LogP contribution in [0.1, 0.15) is 22.9 Å². The second-order valence-electron chi connectivity index (χ2n) is 6.71. The first-order chi connectivity index (χ1) is 13.7. The van der Waals surface area contributed by atoms with Crippen LogP contribution in [-0.4, -0.2) is 40.8 Å². The highest BCUT2D eigenvalue weighted by atomic mass is 79.9. The molecule has 3 aromatic rings. The molecule has 5 nitrogen and oxygen atoms in total. The number of H-pyrrole nitrogens is 1. The first-order valence-electron chi connectivity index (χ1n) is 8.92. The van der Waals surface area contributed by atoms with E-state index in [1.165, 1.54) is 0 Å². The number of nitrogens with one attached hydrogen (secondary N) is 1. The minimum absolute atomic E-state index is 0.117. The van der Waals surface area contributed by atoms with Gasteiger partial charge in [-0.2, -0.15) is 0 Å². The molecule has 144 valence electrons. The topological polar surface area (TPSA) is 62.4 Å². The van der Waals surface area contributed by atoms with Gasteiger partial charge in [-0.25, -0.2) is 0 Å². The van der Waals surface area contributed by atoms with Crippen LogP contribution in [-0.2, 0) is 20.7 Å². The number of carbonyl (C=O) groups excluding carboxylic acids is 2. The van der Waals surface area contributed by atoms with Crippen LogP contribution >= 0.6 is 27.5 Å². The number of amides is 1. The van der Waals surface area contributed by atoms with Crippen molar-refractivity contribution in [1.82, 2.24) is 9.88 Å². The smallest absolute Gasteiger partial charge is 0.293 e. The zero-order valence-corrected chi connectivity index (χ0v) is 17.2. The number of rotatable bonds is 5. The van der Waals surface area contributed by atoms with Crippen molar-refractivity contribution in [3.05, 3.63) is 69.8 Å². The van der Waals surface area contributed by atoms with Crippen LogP contribution in [0.2, 0.25) is 0 Å². The summed E-state index contributed by atoms with van der Waals surface area (Å²) in [5, 5.41) is 1.11. The number of fused-ring (bicyclic) bond motifs is 3. The molecule has 2 heterocycles. The van der Waals surface area contributed by atoms with Crippen LogP contribution in [0.3, 0.4) is 0 Å². The first-order valence-corrected chi connectivity index (χ1v) is 10.2. The Hall–Kier alpha value is -2.31. The lowest BCUT2D eigenvalue weighted by Crippen LogP contribution is -2.50. The van der Waals surface area contributed by atoms with Crippen molar-refractivity contribution in [2.75, 3.05) is 12.5 Å². The summed E-state index contributed by atoms with van der Waals surface area (Å²) in [6.45, 7) is 0.535. The van der Waals surface area contributed by atoms with Gasteiger partial charge in [0.05, 0.1) is 12.1 Å². The molecular weight excluding hydrogens is 444 g/mol. The van der Waals surface area contributed by atoms with Crippen molar-refractivity contribution in [3.63, 3.8) is 0 Å². The molecule has 0 aliphatic carbocycles. The molecule has 4 rings (SSSR count). The Bertz CT molecular complexity index is 1040. The number of carbonyl (C=O) groups is 2. The lowest BCUT2D eigenvalue weighted by atomic mass is 9.88. The van der Waals surface area contributed by atoms with E-state index in [0.29, 0.717) is 12.9 Å². The Balaban J connectivity index is 1.95. The molecule has 1 aliphatic rings. The van der Waals surface area contributed by atoms with E-state index in [9.17, 15) is 9.59 Å². The molecule has 1 aliphatic heterocycles. The van der Waals surface area contributed by atoms with Crippen LogP contribution < -0.4 is 0 Å². The van der Waals surface area contributed by atoms with E-state index in [1.54, 1.807) is 4.90 Å². The fourth-order valence-electron chi connectivity index (χ4n) is 4.07. The number of alkyl halides is 1. The van der Waals surface area contributed by atoms with E-state index in [-0.39, 0.29) is 30.5 Å². The number of aromatic nitrogens is 1. The molecule has 28 heavy (non-hydrogen) atoms. The normalized spacial score (nSPS) is 18.7. The Kier molecular flexibility index (Phi) is 5.42. The molecule has 2 aromatic carbocycles. The molecule has 0 saturated heterocycles. The number of benzene rings is 2. The van der Waals surface area contributed by atoms with Crippen molar-refractivity contribution in [2.45, 2.75) is 18.5 Å². The molecule has 1 N–H and O–H groups in total. The minimum atomic E-state index is -0.363. The van der Waals surface area contributed by atoms with Gasteiger partial charge in [0, 0.05) is 21.1 Å². The first kappa shape index (κ1) is 19.0. The zero-order valence-electron chi connectivity index (χ0n) is 14.9. The SMILES string of the molecule is O=COC[C@@H]1Cc2c([nH]c3ccccc23)[C@@H](c2ccccc2Br)N1C(=O)CCl. The van der Waals surface area contributed by atoms with Gasteiger partial charge < -0.3 is 14.6 Å². The third-order valence-electron chi connectivity index (χ3n) is 5.19. The van der Waals surface area contributed by atoms with Gasteiger partial charge in [0.2, 0.25) is 5.91 Å². The van der Waals surface area contributed by atoms with Gasteiger partial charge in [0.1, 0.15) is 12.5 Å². The minimum Gasteiger partial charge on any atom is -0.466 e. The van der Waals surface area contributed by atoms with Crippen LogP contribution in [0.4, 0.5) is 0 Å². The van der Waals surface area contributed by atoms with Crippen molar-refractivity contribution in [2.24, 2.45) is 0 Å². The van der Waals surface area contributed by atoms with Crippen molar-refractivity contribution in [1.29, 1.82) is 0 Å². The number of hydrogen-bond donors (Lipinski definition) is 1. The summed E-state index contributed by atoms with van der Waals surface area (Å²) in [4.78, 5) is 29.0. The number of hydrogen-bond acceptors (Lipinski definition) is 3. The quantitative estimate of drug-likeness (QED) is 0.458. The summed E-state index contributed by atoms with van der Waals surface area (Å²) in [5.41, 5.74) is 4.06. The molecule has 0 saturated carbocycles. The van der Waals surface area contributed by atoms with Gasteiger partial charge in [-0.05, 0) is 29.7 Å². The van der Waals surface area contributed by atoms with Gasteiger partial charge in [-0.3, -0.25) is 9.59 Å². The fraction of sp³-hybridized carbons (Fsp3) is 0.238. The predicted octanol–water partition coefficient (Wildman–Crippen LogP) is 4.18. The number of para-hydroxylation sites is 1. The van der Waals surface area contributed by atoms with E-state index in [0.717, 1.165) is 32.2 Å². The molecule has 0 unspecified atom stereocenters. The van der Waals surface area contributed by atoms with Crippen LogP contribution in [0, 0.1) is 0 Å². The number of aromatic amines is 1. The predicted molar refractivity (Wildman–Crippen MR) is 111 cm³/mol. The van der Waals surface area contributed by atoms with Gasteiger partial charge in [0.25, 0.3) is 6.47 Å². The highest BCUT2D eigenvalue weighted by Gasteiger charge is 2.40. The van der Waals surface area contributed by atoms with Gasteiger partial charge in [-0.1, -0.05) is 52.3 Å². The van der Waals surface area contributed by atoms with Crippen LogP contribution in [0.25, 0.3) is 10.9 Å². The number of nitrogens with zero attached hydrogens (tertiary/aromatic N) is 1. The van der Waals surface area contributed by atoms with E-state index >= 15 is 0 Å². The van der Waals surface area contributed by atoms with Crippen LogP contribution in [0.15, 0.2) is 53.0 Å². The summed E-state index contributed by atoms with van der Waals surface area (Å²) in [6.07, 6.45) is 0.580. The summed E-state index contributed by atoms with van der Waals surface area (Å²) in [7, 11) is 0. The second-order valence-corrected chi connectivity index (χ2v) is 7.83. The molecule has 0 fully saturated rings. The molecule has 0 bridgehead atoms. The molecule has 1 amide bonds. The molecular formula is C21H18BrClN2O3. The lowest BCUT2D eigenvalue weighted by molar-refractivity contribution is -0.139. The fourth-order valence-corrected chi connectivity index (χ4v) is 4.71. The Morgan fingerprint density at radius 3 is 2.75 bits per heavy atom. The summed E-state index contributed by atoms with van der Waals surface area (Å²) >= 11 is 9.59. The van der Waals surface area contributed by atoms with E-state index in [1.807, 2.05) is 42.5 Å². The third-order valence-corrected chi connectivity index (χ3v) is 6.14. The Labute approximate surface area is 175 Å². The Morgan fingerprint density at radius 2 is 2.00 bits per heavy atom. The zero-order chi connectivity index (χ0) is 19.7. The highest BCUT2D eigenvalue weighted by molar-refractivity contribution is 9.10. The number of halogens is 2. The van der Waals surface area contributed by atoms with Gasteiger partial charge in [0.15, 0.2) is 0 Å². The van der Waals surface area contributed by atoms with Crippen molar-refractivity contribution < 1.29 is 14.3 Å². The van der Waals surface area contributed by atoms with E-state index < -0.39 is 0 Å². The summed E-state index contributed by atoms with van der Waals surface area (Å²) in [6, 6.07) is 15.2. The largest absolute Gasteiger partial charge is 0.466 e. The van der Waals surface area contributed by atoms with E-state index in [2.05, 4.69) is 27.0 Å². The maximum absolute atomic E-state index is 12.9. The van der Waals surface area contributed by atoms with Crippen molar-refractivity contribution >= 4 is 50.8 Å². The average molecular weight is 462 g/mol. The molecule has 0 radical (unpaired) electrons. The van der Waals surface area contributed by atoms with Gasteiger partial charge in [-0.15, -0.1) is 11.6 Å². The van der Waals surface area contributed by atoms with Crippen molar-refractivity contribution in [3.8, 4) is 0 Å². The van der Waals surface area contributed by atoms with Gasteiger partial charge >= 0.3 is 0 Å². The second kappa shape index (κ2) is 7.97.